The van der Waals surface area contributed by atoms with Gasteiger partial charge in [0.25, 0.3) is 5.91 Å². The summed E-state index contributed by atoms with van der Waals surface area (Å²) in [6.45, 7) is 0.405. The summed E-state index contributed by atoms with van der Waals surface area (Å²) in [6, 6.07) is 5.71. The molecule has 0 radical (unpaired) electrons. The standard InChI is InChI=1S/C13H11BrN2O2/c1-16-9-3-2-7(14)6-8(9)11-10(17)4-5-15-13(18)12(11)16/h2-3,6H,4-5H2,1H3,(H,15,18). The van der Waals surface area contributed by atoms with Crippen LogP contribution in [0, 0.1) is 0 Å². The smallest absolute Gasteiger partial charge is 0.268 e. The summed E-state index contributed by atoms with van der Waals surface area (Å²) in [4.78, 5) is 24.2. The highest BCUT2D eigenvalue weighted by atomic mass is 79.9. The first-order valence-electron chi connectivity index (χ1n) is 5.69. The minimum Gasteiger partial charge on any atom is -0.350 e. The third-order valence-electron chi connectivity index (χ3n) is 3.29. The fraction of sp³-hybridized carbons (Fsp3) is 0.231. The average molecular weight is 307 g/mol. The summed E-state index contributed by atoms with van der Waals surface area (Å²) < 4.78 is 2.69. The molecule has 1 aromatic heterocycles. The highest BCUT2D eigenvalue weighted by Crippen LogP contribution is 2.30. The monoisotopic (exact) mass is 306 g/mol. The molecule has 1 aliphatic rings. The molecule has 1 N–H and O–H groups in total. The van der Waals surface area contributed by atoms with E-state index < -0.39 is 0 Å². The Balaban J connectivity index is 2.45. The van der Waals surface area contributed by atoms with Gasteiger partial charge in [0.15, 0.2) is 5.78 Å². The lowest BCUT2D eigenvalue weighted by Crippen LogP contribution is -2.24. The molecule has 0 bridgehead atoms. The van der Waals surface area contributed by atoms with Crippen molar-refractivity contribution in [2.45, 2.75) is 6.42 Å². The van der Waals surface area contributed by atoms with E-state index in [9.17, 15) is 9.59 Å². The minimum atomic E-state index is -0.175. The van der Waals surface area contributed by atoms with Crippen LogP contribution in [0.3, 0.4) is 0 Å². The predicted octanol–water partition coefficient (Wildman–Crippen LogP) is 2.26. The SMILES string of the molecule is Cn1c2c(c3cc(Br)ccc31)C(=O)CCNC2=O. The highest BCUT2D eigenvalue weighted by Gasteiger charge is 2.27. The zero-order chi connectivity index (χ0) is 12.9. The molecule has 0 fully saturated rings. The van der Waals surface area contributed by atoms with Crippen LogP contribution < -0.4 is 5.32 Å². The second kappa shape index (κ2) is 3.95. The molecule has 2 heterocycles. The van der Waals surface area contributed by atoms with Crippen LogP contribution >= 0.6 is 15.9 Å². The summed E-state index contributed by atoms with van der Waals surface area (Å²) in [7, 11) is 1.81. The molecule has 0 spiro atoms. The van der Waals surface area contributed by atoms with Crippen LogP contribution in [0.2, 0.25) is 0 Å². The molecule has 2 aromatic rings. The van der Waals surface area contributed by atoms with Crippen molar-refractivity contribution in [3.05, 3.63) is 33.9 Å². The van der Waals surface area contributed by atoms with E-state index in [-0.39, 0.29) is 11.7 Å². The minimum absolute atomic E-state index is 0.0204. The molecule has 18 heavy (non-hydrogen) atoms. The van der Waals surface area contributed by atoms with Gasteiger partial charge in [-0.2, -0.15) is 0 Å². The number of hydrogen-bond acceptors (Lipinski definition) is 2. The molecule has 5 heteroatoms. The number of nitrogens with zero attached hydrogens (tertiary/aromatic N) is 1. The van der Waals surface area contributed by atoms with Crippen molar-refractivity contribution in [3.63, 3.8) is 0 Å². The molecule has 0 saturated heterocycles. The number of benzene rings is 1. The third-order valence-corrected chi connectivity index (χ3v) is 3.79. The molecule has 4 nitrogen and oxygen atoms in total. The molecule has 0 atom stereocenters. The van der Waals surface area contributed by atoms with Gasteiger partial charge in [-0.1, -0.05) is 15.9 Å². The zero-order valence-electron chi connectivity index (χ0n) is 9.79. The Bertz CT molecular complexity index is 688. The van der Waals surface area contributed by atoms with Crippen LogP contribution in [0.15, 0.2) is 22.7 Å². The number of Topliss-reactive ketones (excluding diaryl/α,β-unsaturated/α-hetero) is 1. The molecular formula is C13H11BrN2O2. The van der Waals surface area contributed by atoms with E-state index in [1.807, 2.05) is 25.2 Å². The number of amides is 1. The van der Waals surface area contributed by atoms with E-state index in [1.165, 1.54) is 0 Å². The maximum atomic E-state index is 12.2. The van der Waals surface area contributed by atoms with Crippen molar-refractivity contribution in [2.75, 3.05) is 6.54 Å². The van der Waals surface area contributed by atoms with Crippen molar-refractivity contribution >= 4 is 38.5 Å². The van der Waals surface area contributed by atoms with Crippen LogP contribution in [0.1, 0.15) is 27.3 Å². The number of rotatable bonds is 0. The van der Waals surface area contributed by atoms with Crippen LogP contribution in [-0.4, -0.2) is 22.8 Å². The van der Waals surface area contributed by atoms with Crippen molar-refractivity contribution in [1.82, 2.24) is 9.88 Å². The van der Waals surface area contributed by atoms with Crippen LogP contribution in [0.5, 0.6) is 0 Å². The van der Waals surface area contributed by atoms with Crippen molar-refractivity contribution < 1.29 is 9.59 Å². The lowest BCUT2D eigenvalue weighted by atomic mass is 10.1. The maximum absolute atomic E-state index is 12.2. The Kier molecular flexibility index (Phi) is 2.52. The van der Waals surface area contributed by atoms with Crippen molar-refractivity contribution in [1.29, 1.82) is 0 Å². The van der Waals surface area contributed by atoms with Gasteiger partial charge in [0.1, 0.15) is 5.69 Å². The van der Waals surface area contributed by atoms with E-state index in [0.717, 1.165) is 15.4 Å². The Hall–Kier alpha value is -1.62. The first kappa shape index (κ1) is 11.5. The third kappa shape index (κ3) is 1.50. The Morgan fingerprint density at radius 2 is 2.11 bits per heavy atom. The second-order valence-corrected chi connectivity index (χ2v) is 5.29. The van der Waals surface area contributed by atoms with Gasteiger partial charge in [-0.05, 0) is 18.2 Å². The number of nitrogens with one attached hydrogen (secondary N) is 1. The largest absolute Gasteiger partial charge is 0.350 e. The predicted molar refractivity (Wildman–Crippen MR) is 71.9 cm³/mol. The number of ketones is 1. The van der Waals surface area contributed by atoms with E-state index in [2.05, 4.69) is 21.2 Å². The highest BCUT2D eigenvalue weighted by molar-refractivity contribution is 9.10. The van der Waals surface area contributed by atoms with E-state index >= 15 is 0 Å². The number of carbonyl (C=O) groups is 2. The topological polar surface area (TPSA) is 51.1 Å². The molecular weight excluding hydrogens is 296 g/mol. The summed E-state index contributed by atoms with van der Waals surface area (Å²) in [5.41, 5.74) is 1.91. The molecule has 0 unspecified atom stereocenters. The Morgan fingerprint density at radius 1 is 1.33 bits per heavy atom. The van der Waals surface area contributed by atoms with Gasteiger partial charge in [0.05, 0.1) is 5.56 Å². The quantitative estimate of drug-likeness (QED) is 0.811. The number of halogens is 1. The van der Waals surface area contributed by atoms with Crippen molar-refractivity contribution in [2.24, 2.45) is 7.05 Å². The van der Waals surface area contributed by atoms with Gasteiger partial charge in [-0.25, -0.2) is 0 Å². The number of aromatic nitrogens is 1. The van der Waals surface area contributed by atoms with Crippen molar-refractivity contribution in [3.8, 4) is 0 Å². The van der Waals surface area contributed by atoms with Gasteiger partial charge in [-0.15, -0.1) is 0 Å². The van der Waals surface area contributed by atoms with Crippen LogP contribution in [0.25, 0.3) is 10.9 Å². The fourth-order valence-corrected chi connectivity index (χ4v) is 2.82. The first-order chi connectivity index (χ1) is 8.59. The van der Waals surface area contributed by atoms with Gasteiger partial charge in [-0.3, -0.25) is 9.59 Å². The number of carbonyl (C=O) groups excluding carboxylic acids is 2. The van der Waals surface area contributed by atoms with E-state index in [0.29, 0.717) is 24.2 Å². The Labute approximate surface area is 112 Å². The summed E-state index contributed by atoms with van der Waals surface area (Å²) in [6.07, 6.45) is 0.352. The molecule has 0 saturated carbocycles. The summed E-state index contributed by atoms with van der Waals surface area (Å²) in [5, 5.41) is 3.59. The summed E-state index contributed by atoms with van der Waals surface area (Å²) >= 11 is 3.40. The molecule has 92 valence electrons. The normalized spacial score (nSPS) is 15.4. The lowest BCUT2D eigenvalue weighted by Gasteiger charge is -2.03. The second-order valence-electron chi connectivity index (χ2n) is 4.37. The molecule has 3 rings (SSSR count). The molecule has 0 aliphatic carbocycles. The zero-order valence-corrected chi connectivity index (χ0v) is 11.4. The fourth-order valence-electron chi connectivity index (χ4n) is 2.46. The molecule has 1 aromatic carbocycles. The van der Waals surface area contributed by atoms with E-state index in [1.54, 1.807) is 4.57 Å². The number of fused-ring (bicyclic) bond motifs is 3. The lowest BCUT2D eigenvalue weighted by molar-refractivity contribution is 0.0948. The number of aryl methyl sites for hydroxylation is 1. The Morgan fingerprint density at radius 3 is 2.89 bits per heavy atom. The van der Waals surface area contributed by atoms with Crippen LogP contribution in [0.4, 0.5) is 0 Å². The summed E-state index contributed by atoms with van der Waals surface area (Å²) in [5.74, 6) is -0.155. The molecule has 1 amide bonds. The maximum Gasteiger partial charge on any atom is 0.268 e. The van der Waals surface area contributed by atoms with Gasteiger partial charge in [0.2, 0.25) is 0 Å². The molecule has 1 aliphatic heterocycles. The van der Waals surface area contributed by atoms with Gasteiger partial charge in [0, 0.05) is 35.4 Å². The van der Waals surface area contributed by atoms with Crippen LogP contribution in [-0.2, 0) is 7.05 Å². The first-order valence-corrected chi connectivity index (χ1v) is 6.48. The number of hydrogen-bond donors (Lipinski definition) is 1. The van der Waals surface area contributed by atoms with E-state index in [4.69, 9.17) is 0 Å². The van der Waals surface area contributed by atoms with Gasteiger partial charge < -0.3 is 9.88 Å². The van der Waals surface area contributed by atoms with Gasteiger partial charge >= 0.3 is 0 Å². The average Bonchev–Trinajstić information content (AvgIpc) is 2.52.